The number of amides is 2. The molecule has 0 bridgehead atoms. The van der Waals surface area contributed by atoms with Gasteiger partial charge >= 0.3 is 0 Å². The number of hydrogen-bond acceptors (Lipinski definition) is 4. The smallest absolute Gasteiger partial charge is 0.254 e. The number of hydrogen-bond donors (Lipinski definition) is 1. The third kappa shape index (κ3) is 5.57. The van der Waals surface area contributed by atoms with E-state index in [9.17, 15) is 9.59 Å². The molecule has 0 radical (unpaired) electrons. The van der Waals surface area contributed by atoms with Crippen LogP contribution in [0.3, 0.4) is 0 Å². The van der Waals surface area contributed by atoms with Crippen LogP contribution in [0, 0.1) is 12.8 Å². The Hall–Kier alpha value is -2.34. The van der Waals surface area contributed by atoms with Crippen molar-refractivity contribution in [2.45, 2.75) is 39.0 Å². The molecule has 0 saturated heterocycles. The fourth-order valence-electron chi connectivity index (χ4n) is 3.46. The first-order chi connectivity index (χ1) is 13.0. The van der Waals surface area contributed by atoms with Crippen molar-refractivity contribution in [2.75, 3.05) is 18.4 Å². The van der Waals surface area contributed by atoms with Gasteiger partial charge in [-0.05, 0) is 49.9 Å². The van der Waals surface area contributed by atoms with Gasteiger partial charge in [-0.25, -0.2) is 0 Å². The van der Waals surface area contributed by atoms with Crippen LogP contribution in [0.25, 0.3) is 0 Å². The highest BCUT2D eigenvalue weighted by Gasteiger charge is 2.24. The zero-order chi connectivity index (χ0) is 19.2. The van der Waals surface area contributed by atoms with Crippen molar-refractivity contribution in [2.24, 2.45) is 5.92 Å². The molecule has 1 aliphatic carbocycles. The van der Waals surface area contributed by atoms with Crippen molar-refractivity contribution in [3.63, 3.8) is 0 Å². The van der Waals surface area contributed by atoms with Gasteiger partial charge in [-0.2, -0.15) is 0 Å². The molecule has 7 heteroatoms. The third-order valence-electron chi connectivity index (χ3n) is 4.81. The van der Waals surface area contributed by atoms with Gasteiger partial charge in [0, 0.05) is 23.2 Å². The van der Waals surface area contributed by atoms with Crippen LogP contribution in [0.1, 0.15) is 48.2 Å². The summed E-state index contributed by atoms with van der Waals surface area (Å²) in [5, 5.41) is 7.03. The summed E-state index contributed by atoms with van der Waals surface area (Å²) in [6, 6.07) is 8.40. The molecular weight excluding hydrogens is 366 g/mol. The Bertz CT molecular complexity index is 782. The lowest BCUT2D eigenvalue weighted by molar-refractivity contribution is -0.117. The monoisotopic (exact) mass is 389 g/mol. The van der Waals surface area contributed by atoms with Crippen molar-refractivity contribution >= 4 is 29.2 Å². The summed E-state index contributed by atoms with van der Waals surface area (Å²) in [5.41, 5.74) is 0.528. The molecule has 1 aromatic carbocycles. The summed E-state index contributed by atoms with van der Waals surface area (Å²) in [7, 11) is 0. The first-order valence-corrected chi connectivity index (χ1v) is 9.67. The molecule has 1 heterocycles. The molecule has 1 N–H and O–H groups in total. The van der Waals surface area contributed by atoms with E-state index in [1.807, 2.05) is 0 Å². The quantitative estimate of drug-likeness (QED) is 0.799. The number of anilines is 1. The van der Waals surface area contributed by atoms with Crippen LogP contribution in [-0.4, -0.2) is 35.0 Å². The summed E-state index contributed by atoms with van der Waals surface area (Å²) < 4.78 is 4.96. The van der Waals surface area contributed by atoms with Crippen LogP contribution in [0.2, 0.25) is 5.02 Å². The van der Waals surface area contributed by atoms with Crippen LogP contribution in [0.5, 0.6) is 0 Å². The molecule has 1 aromatic heterocycles. The fourth-order valence-corrected chi connectivity index (χ4v) is 3.58. The lowest BCUT2D eigenvalue weighted by atomic mass is 9.89. The SMILES string of the molecule is Cc1cc(NC(=O)CN(CC2CCCCC2)C(=O)c2ccc(Cl)cc2)no1. The van der Waals surface area contributed by atoms with E-state index in [1.165, 1.54) is 19.3 Å². The second kappa shape index (κ2) is 9.04. The van der Waals surface area contributed by atoms with E-state index in [2.05, 4.69) is 10.5 Å². The van der Waals surface area contributed by atoms with E-state index in [4.69, 9.17) is 16.1 Å². The Labute approximate surface area is 163 Å². The summed E-state index contributed by atoms with van der Waals surface area (Å²) >= 11 is 5.92. The Balaban J connectivity index is 1.70. The Kier molecular flexibility index (Phi) is 6.50. The lowest BCUT2D eigenvalue weighted by Crippen LogP contribution is -2.41. The molecular formula is C20H24ClN3O3. The minimum atomic E-state index is -0.290. The third-order valence-corrected chi connectivity index (χ3v) is 5.06. The summed E-state index contributed by atoms with van der Waals surface area (Å²) in [6.07, 6.45) is 5.78. The average molecular weight is 390 g/mol. The number of benzene rings is 1. The molecule has 27 heavy (non-hydrogen) atoms. The number of carbonyl (C=O) groups is 2. The van der Waals surface area contributed by atoms with Gasteiger partial charge in [0.05, 0.1) is 0 Å². The molecule has 0 unspecified atom stereocenters. The average Bonchev–Trinajstić information content (AvgIpc) is 3.06. The van der Waals surface area contributed by atoms with Gasteiger partial charge in [0.15, 0.2) is 5.82 Å². The second-order valence-corrected chi connectivity index (χ2v) is 7.50. The van der Waals surface area contributed by atoms with Crippen molar-refractivity contribution < 1.29 is 14.1 Å². The molecule has 1 saturated carbocycles. The van der Waals surface area contributed by atoms with E-state index < -0.39 is 0 Å². The molecule has 1 aliphatic rings. The van der Waals surface area contributed by atoms with E-state index in [1.54, 1.807) is 42.2 Å². The maximum Gasteiger partial charge on any atom is 0.254 e. The first kappa shape index (κ1) is 19.4. The lowest BCUT2D eigenvalue weighted by Gasteiger charge is -2.29. The fraction of sp³-hybridized carbons (Fsp3) is 0.450. The summed E-state index contributed by atoms with van der Waals surface area (Å²) in [4.78, 5) is 27.1. The standard InChI is InChI=1S/C20H24ClN3O3/c1-14-11-18(23-27-14)22-19(25)13-24(12-15-5-3-2-4-6-15)20(26)16-7-9-17(21)10-8-16/h7-11,15H,2-6,12-13H2,1H3,(H,22,23,25). The summed E-state index contributed by atoms with van der Waals surface area (Å²) in [5.74, 6) is 0.943. The van der Waals surface area contributed by atoms with Gasteiger partial charge in [-0.3, -0.25) is 9.59 Å². The van der Waals surface area contributed by atoms with Crippen molar-refractivity contribution in [1.82, 2.24) is 10.1 Å². The number of aromatic nitrogens is 1. The Morgan fingerprint density at radius 3 is 2.56 bits per heavy atom. The van der Waals surface area contributed by atoms with Gasteiger partial charge in [0.1, 0.15) is 12.3 Å². The highest BCUT2D eigenvalue weighted by Crippen LogP contribution is 2.25. The van der Waals surface area contributed by atoms with Crippen molar-refractivity contribution in [1.29, 1.82) is 0 Å². The number of halogens is 1. The zero-order valence-corrected chi connectivity index (χ0v) is 16.2. The van der Waals surface area contributed by atoms with Crippen LogP contribution in [0.15, 0.2) is 34.9 Å². The number of rotatable bonds is 6. The molecule has 2 aromatic rings. The van der Waals surface area contributed by atoms with Crippen molar-refractivity contribution in [3.05, 3.63) is 46.7 Å². The van der Waals surface area contributed by atoms with E-state index in [0.29, 0.717) is 34.6 Å². The van der Waals surface area contributed by atoms with Crippen LogP contribution in [-0.2, 0) is 4.79 Å². The summed E-state index contributed by atoms with van der Waals surface area (Å²) in [6.45, 7) is 2.30. The minimum absolute atomic E-state index is 0.0239. The number of nitrogens with one attached hydrogen (secondary N) is 1. The second-order valence-electron chi connectivity index (χ2n) is 7.07. The molecule has 144 valence electrons. The number of nitrogens with zero attached hydrogens (tertiary/aromatic N) is 2. The number of carbonyl (C=O) groups excluding carboxylic acids is 2. The van der Waals surface area contributed by atoms with E-state index in [-0.39, 0.29) is 18.4 Å². The largest absolute Gasteiger partial charge is 0.360 e. The molecule has 0 spiro atoms. The number of aryl methyl sites for hydroxylation is 1. The van der Waals surface area contributed by atoms with Crippen LogP contribution >= 0.6 is 11.6 Å². The van der Waals surface area contributed by atoms with Gasteiger partial charge in [0.25, 0.3) is 5.91 Å². The molecule has 3 rings (SSSR count). The molecule has 6 nitrogen and oxygen atoms in total. The maximum atomic E-state index is 13.0. The predicted molar refractivity (Wildman–Crippen MR) is 104 cm³/mol. The van der Waals surface area contributed by atoms with Gasteiger partial charge in [-0.15, -0.1) is 0 Å². The molecule has 2 amide bonds. The minimum Gasteiger partial charge on any atom is -0.360 e. The Morgan fingerprint density at radius 1 is 1.22 bits per heavy atom. The van der Waals surface area contributed by atoms with Gasteiger partial charge in [-0.1, -0.05) is 36.0 Å². The normalized spacial score (nSPS) is 14.7. The highest BCUT2D eigenvalue weighted by molar-refractivity contribution is 6.30. The Morgan fingerprint density at radius 2 is 1.93 bits per heavy atom. The molecule has 1 fully saturated rings. The van der Waals surface area contributed by atoms with Gasteiger partial charge < -0.3 is 14.7 Å². The molecule has 0 aliphatic heterocycles. The topological polar surface area (TPSA) is 75.4 Å². The zero-order valence-electron chi connectivity index (χ0n) is 15.4. The van der Waals surface area contributed by atoms with Crippen molar-refractivity contribution in [3.8, 4) is 0 Å². The molecule has 0 atom stereocenters. The highest BCUT2D eigenvalue weighted by atomic mass is 35.5. The van der Waals surface area contributed by atoms with Crippen LogP contribution < -0.4 is 5.32 Å². The van der Waals surface area contributed by atoms with Crippen LogP contribution in [0.4, 0.5) is 5.82 Å². The predicted octanol–water partition coefficient (Wildman–Crippen LogP) is 4.30. The van der Waals surface area contributed by atoms with E-state index >= 15 is 0 Å². The van der Waals surface area contributed by atoms with Gasteiger partial charge in [0.2, 0.25) is 5.91 Å². The maximum absolute atomic E-state index is 13.0. The first-order valence-electron chi connectivity index (χ1n) is 9.29. The van der Waals surface area contributed by atoms with E-state index in [0.717, 1.165) is 12.8 Å².